The van der Waals surface area contributed by atoms with Crippen LogP contribution in [0.25, 0.3) is 0 Å². The number of alkyl carbamates (subject to hydrolysis) is 1. The van der Waals surface area contributed by atoms with Crippen molar-refractivity contribution in [2.75, 3.05) is 69.0 Å². The van der Waals surface area contributed by atoms with Gasteiger partial charge in [0.15, 0.2) is 12.6 Å². The van der Waals surface area contributed by atoms with Crippen molar-refractivity contribution in [3.63, 3.8) is 0 Å². The van der Waals surface area contributed by atoms with E-state index in [1.807, 2.05) is 4.90 Å². The molecule has 4 aliphatic heterocycles. The van der Waals surface area contributed by atoms with E-state index in [0.29, 0.717) is 11.4 Å². The number of hydrogen-bond acceptors (Lipinski definition) is 25. The van der Waals surface area contributed by atoms with E-state index >= 15 is 0 Å². The lowest BCUT2D eigenvalue weighted by Crippen LogP contribution is -2.64. The van der Waals surface area contributed by atoms with E-state index in [0.717, 1.165) is 0 Å². The van der Waals surface area contributed by atoms with Gasteiger partial charge in [-0.05, 0) is 34.6 Å². The first-order valence-electron chi connectivity index (χ1n) is 24.3. The van der Waals surface area contributed by atoms with Crippen LogP contribution in [0.5, 0.6) is 0 Å². The summed E-state index contributed by atoms with van der Waals surface area (Å²) in [5, 5.41) is 87.2. The van der Waals surface area contributed by atoms with Gasteiger partial charge in [0.25, 0.3) is 0 Å². The van der Waals surface area contributed by atoms with Crippen LogP contribution in [0.2, 0.25) is 0 Å². The molecule has 0 radical (unpaired) electrons. The summed E-state index contributed by atoms with van der Waals surface area (Å²) in [7, 11) is 8.48. The number of aliphatic hydroxyl groups excluding tert-OH is 6. The maximum atomic E-state index is 12.6. The molecule has 6 rings (SSSR count). The van der Waals surface area contributed by atoms with Gasteiger partial charge in [-0.3, -0.25) is 4.90 Å². The molecule has 28 nitrogen and oxygen atoms in total. The molecule has 4 saturated heterocycles. The Morgan fingerprint density at radius 3 is 1.52 bits per heavy atom. The van der Waals surface area contributed by atoms with Crippen LogP contribution < -0.4 is 5.32 Å². The van der Waals surface area contributed by atoms with Gasteiger partial charge in [0.1, 0.15) is 103 Å². The Hall–Kier alpha value is -3.21. The Morgan fingerprint density at radius 1 is 0.603 bits per heavy atom. The monoisotopic (exact) mass is 1050 g/mol. The largest absolute Gasteiger partial charge is 0.444 e. The molecule has 2 aromatic rings. The Kier molecular flexibility index (Phi) is 21.6. The van der Waals surface area contributed by atoms with Crippen LogP contribution in [-0.4, -0.2) is 269 Å². The third-order valence-electron chi connectivity index (χ3n) is 13.2. The molecule has 6 heterocycles. The fourth-order valence-corrected chi connectivity index (χ4v) is 9.64. The van der Waals surface area contributed by atoms with Crippen molar-refractivity contribution in [3.8, 4) is 0 Å². The van der Waals surface area contributed by atoms with Gasteiger partial charge in [0, 0.05) is 81.2 Å². The molecular formula is C45H78N8O20. The lowest BCUT2D eigenvalue weighted by Gasteiger charge is -2.47. The predicted octanol–water partition coefficient (Wildman–Crippen LogP) is -3.29. The highest BCUT2D eigenvalue weighted by Gasteiger charge is 2.53. The van der Waals surface area contributed by atoms with E-state index in [2.05, 4.69) is 25.9 Å². The molecule has 4 aliphatic rings. The topological polar surface area (TPSA) is 335 Å². The van der Waals surface area contributed by atoms with E-state index in [9.17, 15) is 35.4 Å². The van der Waals surface area contributed by atoms with Crippen LogP contribution in [0.3, 0.4) is 0 Å². The molecular weight excluding hydrogens is 973 g/mol. The van der Waals surface area contributed by atoms with Crippen LogP contribution in [0, 0.1) is 0 Å². The van der Waals surface area contributed by atoms with Crippen molar-refractivity contribution in [1.82, 2.24) is 40.2 Å². The standard InChI is InChI=1S/C45H78N8O20/c1-22-36(63-8)34(58)38(71-43-41(66-11)33(57)31(55)28(70-43)20-61-6)27(67-22)19-53-17-25(48-50-53)15-51(13-12-46-44(60)73-45(3,4)5)14-24-16-52(49-47-24)18-26-30(54)32(56)40(65-10)42(69-26)72-39-29(21-62-7)68-23(2)37(64-9)35(39)59/h16-17,22-23,26-43,54-59H,12-15,18-21H2,1-11H3,(H,46,60)/t22-,23-,26?,27?,28?,29?,30+,31+,32-,33-,34+,35+,36?,37?,38+,39+,40?,41?,42-,43-/m0/s1. The van der Waals surface area contributed by atoms with Crippen molar-refractivity contribution in [2.24, 2.45) is 0 Å². The smallest absolute Gasteiger partial charge is 0.407 e. The molecule has 20 atom stereocenters. The third-order valence-corrected chi connectivity index (χ3v) is 13.2. The second-order valence-electron chi connectivity index (χ2n) is 19.7. The molecule has 7 N–H and O–H groups in total. The van der Waals surface area contributed by atoms with Gasteiger partial charge in [-0.1, -0.05) is 10.4 Å². The minimum Gasteiger partial charge on any atom is -0.444 e. The van der Waals surface area contributed by atoms with E-state index in [4.69, 9.17) is 61.6 Å². The third kappa shape index (κ3) is 14.8. The Bertz CT molecular complexity index is 1960. The number of methoxy groups -OCH3 is 6. The van der Waals surface area contributed by atoms with Gasteiger partial charge in [0.05, 0.1) is 49.9 Å². The summed E-state index contributed by atoms with van der Waals surface area (Å²) in [6.45, 7) is 9.61. The molecule has 0 aliphatic carbocycles. The van der Waals surface area contributed by atoms with E-state index in [1.54, 1.807) is 47.0 Å². The van der Waals surface area contributed by atoms with E-state index < -0.39 is 134 Å². The quantitative estimate of drug-likeness (QED) is 0.0574. The average molecular weight is 1050 g/mol. The van der Waals surface area contributed by atoms with Gasteiger partial charge in [-0.25, -0.2) is 14.2 Å². The average Bonchev–Trinajstić information content (AvgIpc) is 3.97. The summed E-state index contributed by atoms with van der Waals surface area (Å²) in [6.07, 6.45) is -18.6. The summed E-state index contributed by atoms with van der Waals surface area (Å²) < 4.78 is 78.3. The van der Waals surface area contributed by atoms with Gasteiger partial charge >= 0.3 is 6.09 Å². The number of rotatable bonds is 23. The molecule has 418 valence electrons. The second-order valence-corrected chi connectivity index (χ2v) is 19.7. The number of carbonyl (C=O) groups is 1. The predicted molar refractivity (Wildman–Crippen MR) is 247 cm³/mol. The van der Waals surface area contributed by atoms with E-state index in [-0.39, 0.29) is 52.5 Å². The number of aromatic nitrogens is 6. The van der Waals surface area contributed by atoms with Crippen molar-refractivity contribution < 1.29 is 97.0 Å². The lowest BCUT2D eigenvalue weighted by atomic mass is 9.94. The Balaban J connectivity index is 1.16. The minimum absolute atomic E-state index is 0.0392. The van der Waals surface area contributed by atoms with Crippen LogP contribution >= 0.6 is 0 Å². The van der Waals surface area contributed by atoms with Crippen molar-refractivity contribution in [1.29, 1.82) is 0 Å². The van der Waals surface area contributed by atoms with Crippen LogP contribution in [0.4, 0.5) is 4.79 Å². The molecule has 4 fully saturated rings. The van der Waals surface area contributed by atoms with Gasteiger partial charge in [-0.2, -0.15) is 0 Å². The summed E-state index contributed by atoms with van der Waals surface area (Å²) in [4.78, 5) is 14.6. The minimum atomic E-state index is -1.47. The van der Waals surface area contributed by atoms with Crippen molar-refractivity contribution in [2.45, 2.75) is 189 Å². The lowest BCUT2D eigenvalue weighted by molar-refractivity contribution is -0.344. The van der Waals surface area contributed by atoms with Crippen LogP contribution in [0.1, 0.15) is 46.0 Å². The summed E-state index contributed by atoms with van der Waals surface area (Å²) >= 11 is 0. The normalized spacial score (nSPS) is 37.4. The summed E-state index contributed by atoms with van der Waals surface area (Å²) in [6, 6.07) is 0. The number of carbonyl (C=O) groups excluding carboxylic acids is 1. The highest BCUT2D eigenvalue weighted by molar-refractivity contribution is 5.67. The summed E-state index contributed by atoms with van der Waals surface area (Å²) in [5.74, 6) is 0. The van der Waals surface area contributed by atoms with Gasteiger partial charge < -0.3 is 97.5 Å². The number of aliphatic hydroxyl groups is 6. The maximum Gasteiger partial charge on any atom is 0.407 e. The molecule has 0 bridgehead atoms. The number of ether oxygens (including phenoxy) is 13. The number of hydrogen-bond donors (Lipinski definition) is 7. The molecule has 2 aromatic heterocycles. The van der Waals surface area contributed by atoms with Crippen molar-refractivity contribution in [3.05, 3.63) is 23.8 Å². The van der Waals surface area contributed by atoms with Crippen molar-refractivity contribution >= 4 is 6.09 Å². The Labute approximate surface area is 424 Å². The van der Waals surface area contributed by atoms with Gasteiger partial charge in [0.2, 0.25) is 0 Å². The SMILES string of the molecule is COCC1O[C@@H](O[C@@H]2C(Cn3cc(CN(CCNC(=O)OC(C)(C)C)Cc4cn(CC5O[C@@H](O[C@@H]6C(COC)O[C@@H](C)C(OC)[C@H]6O)C(OC)[C@@H](O)[C@@H]5O)nn4)nn3)O[C@@H](C)C(OC)[C@H]2O)C(OC)[C@@H](O)[C@@H]1O. The zero-order valence-electron chi connectivity index (χ0n) is 43.4. The highest BCUT2D eigenvalue weighted by Crippen LogP contribution is 2.34. The second kappa shape index (κ2) is 26.7. The van der Waals surface area contributed by atoms with E-state index in [1.165, 1.54) is 52.0 Å². The summed E-state index contributed by atoms with van der Waals surface area (Å²) in [5.41, 5.74) is 0.274. The highest BCUT2D eigenvalue weighted by atomic mass is 16.7. The van der Waals surface area contributed by atoms with Crippen LogP contribution in [-0.2, 0) is 87.8 Å². The first-order valence-corrected chi connectivity index (χ1v) is 24.3. The number of nitrogens with one attached hydrogen (secondary N) is 1. The first-order chi connectivity index (χ1) is 34.7. The molecule has 0 aromatic carbocycles. The Morgan fingerprint density at radius 2 is 1.04 bits per heavy atom. The maximum absolute atomic E-state index is 12.6. The number of amides is 1. The fraction of sp³-hybridized carbons (Fsp3) is 0.889. The zero-order valence-corrected chi connectivity index (χ0v) is 43.4. The number of nitrogens with zero attached hydrogens (tertiary/aromatic N) is 7. The fourth-order valence-electron chi connectivity index (χ4n) is 9.64. The molecule has 8 unspecified atom stereocenters. The van der Waals surface area contributed by atoms with Crippen LogP contribution in [0.15, 0.2) is 12.4 Å². The molecule has 73 heavy (non-hydrogen) atoms. The molecule has 0 saturated carbocycles. The molecule has 28 heteroatoms. The molecule has 1 amide bonds. The van der Waals surface area contributed by atoms with Gasteiger partial charge in [-0.15, -0.1) is 10.2 Å². The first kappa shape index (κ1) is 59.0. The molecule has 0 spiro atoms. The zero-order chi connectivity index (χ0) is 53.3.